The second kappa shape index (κ2) is 9.27. The molecule has 1 aromatic heterocycles. The Morgan fingerprint density at radius 1 is 1.15 bits per heavy atom. The van der Waals surface area contributed by atoms with Gasteiger partial charge in [0.2, 0.25) is 11.7 Å². The summed E-state index contributed by atoms with van der Waals surface area (Å²) in [5, 5.41) is 6.67. The molecule has 0 bridgehead atoms. The van der Waals surface area contributed by atoms with Gasteiger partial charge in [-0.1, -0.05) is 0 Å². The third-order valence-corrected chi connectivity index (χ3v) is 4.75. The van der Waals surface area contributed by atoms with Gasteiger partial charge in [0.1, 0.15) is 6.04 Å². The van der Waals surface area contributed by atoms with E-state index in [1.54, 1.807) is 42.3 Å². The van der Waals surface area contributed by atoms with Crippen LogP contribution in [-0.2, 0) is 11.3 Å². The Labute approximate surface area is 162 Å². The van der Waals surface area contributed by atoms with E-state index in [2.05, 4.69) is 5.32 Å². The Balaban J connectivity index is 2.10. The highest BCUT2D eigenvalue weighted by atomic mass is 32.1. The standard InChI is InChI=1S/C19H24N2O5S/c1-12(19(23)21(2)10-13-6-7-27-11-13)20-18(22)14-8-15(24-3)17(26-5)16(9-14)25-4/h6-9,11-12H,10H2,1-5H3,(H,20,22)/t12-/m0/s1. The van der Waals surface area contributed by atoms with Crippen molar-refractivity contribution in [3.63, 3.8) is 0 Å². The van der Waals surface area contributed by atoms with Crippen LogP contribution in [0.3, 0.4) is 0 Å². The van der Waals surface area contributed by atoms with Crippen LogP contribution in [0.1, 0.15) is 22.8 Å². The van der Waals surface area contributed by atoms with E-state index in [0.717, 1.165) is 5.56 Å². The number of benzene rings is 1. The second-order valence-corrected chi connectivity index (χ2v) is 6.72. The van der Waals surface area contributed by atoms with Crippen LogP contribution >= 0.6 is 11.3 Å². The Kier molecular flexibility index (Phi) is 7.06. The molecule has 1 heterocycles. The van der Waals surface area contributed by atoms with Crippen molar-refractivity contribution in [2.24, 2.45) is 0 Å². The number of amides is 2. The number of carbonyl (C=O) groups is 2. The zero-order chi connectivity index (χ0) is 20.0. The first kappa shape index (κ1) is 20.6. The van der Waals surface area contributed by atoms with Crippen molar-refractivity contribution in [1.29, 1.82) is 0 Å². The summed E-state index contributed by atoms with van der Waals surface area (Å²) >= 11 is 1.58. The summed E-state index contributed by atoms with van der Waals surface area (Å²) in [7, 11) is 6.15. The van der Waals surface area contributed by atoms with Crippen molar-refractivity contribution < 1.29 is 23.8 Å². The first-order valence-electron chi connectivity index (χ1n) is 8.28. The predicted molar refractivity (Wildman–Crippen MR) is 104 cm³/mol. The molecule has 1 atom stereocenters. The lowest BCUT2D eigenvalue weighted by molar-refractivity contribution is -0.132. The number of ether oxygens (including phenoxy) is 3. The van der Waals surface area contributed by atoms with Crippen LogP contribution in [-0.4, -0.2) is 51.1 Å². The van der Waals surface area contributed by atoms with Crippen molar-refractivity contribution in [2.75, 3.05) is 28.4 Å². The van der Waals surface area contributed by atoms with Crippen LogP contribution in [0.15, 0.2) is 29.0 Å². The highest BCUT2D eigenvalue weighted by Gasteiger charge is 2.22. The maximum absolute atomic E-state index is 12.6. The molecule has 2 amide bonds. The summed E-state index contributed by atoms with van der Waals surface area (Å²) in [5.74, 6) is 0.559. The predicted octanol–water partition coefficient (Wildman–Crippen LogP) is 2.55. The maximum Gasteiger partial charge on any atom is 0.252 e. The second-order valence-electron chi connectivity index (χ2n) is 5.94. The minimum Gasteiger partial charge on any atom is -0.493 e. The summed E-state index contributed by atoms with van der Waals surface area (Å²) in [6.07, 6.45) is 0. The molecule has 0 saturated heterocycles. The van der Waals surface area contributed by atoms with E-state index >= 15 is 0 Å². The number of methoxy groups -OCH3 is 3. The fraction of sp³-hybridized carbons (Fsp3) is 0.368. The zero-order valence-electron chi connectivity index (χ0n) is 16.1. The van der Waals surface area contributed by atoms with E-state index in [9.17, 15) is 9.59 Å². The quantitative estimate of drug-likeness (QED) is 0.747. The van der Waals surface area contributed by atoms with E-state index in [0.29, 0.717) is 29.4 Å². The molecule has 0 unspecified atom stereocenters. The van der Waals surface area contributed by atoms with E-state index in [1.165, 1.54) is 21.3 Å². The van der Waals surface area contributed by atoms with Crippen molar-refractivity contribution in [3.05, 3.63) is 40.1 Å². The molecule has 0 fully saturated rings. The molecule has 0 saturated carbocycles. The number of rotatable bonds is 8. The molecule has 2 aromatic rings. The monoisotopic (exact) mass is 392 g/mol. The van der Waals surface area contributed by atoms with Gasteiger partial charge in [0.15, 0.2) is 11.5 Å². The summed E-state index contributed by atoms with van der Waals surface area (Å²) in [4.78, 5) is 26.7. The van der Waals surface area contributed by atoms with Gasteiger partial charge in [0.05, 0.1) is 21.3 Å². The van der Waals surface area contributed by atoms with Crippen LogP contribution in [0.25, 0.3) is 0 Å². The third kappa shape index (κ3) is 4.91. The van der Waals surface area contributed by atoms with Crippen LogP contribution in [0.5, 0.6) is 17.2 Å². The van der Waals surface area contributed by atoms with Crippen molar-refractivity contribution in [2.45, 2.75) is 19.5 Å². The normalized spacial score (nSPS) is 11.4. The van der Waals surface area contributed by atoms with Gasteiger partial charge in [-0.25, -0.2) is 0 Å². The summed E-state index contributed by atoms with van der Waals surface area (Å²) < 4.78 is 15.8. The molecule has 1 aromatic carbocycles. The van der Waals surface area contributed by atoms with Crippen LogP contribution in [0.2, 0.25) is 0 Å². The molecule has 8 heteroatoms. The Hall–Kier alpha value is -2.74. The summed E-state index contributed by atoms with van der Waals surface area (Å²) in [5.41, 5.74) is 1.36. The topological polar surface area (TPSA) is 77.1 Å². The fourth-order valence-electron chi connectivity index (χ4n) is 2.62. The molecule has 7 nitrogen and oxygen atoms in total. The van der Waals surface area contributed by atoms with E-state index in [1.807, 2.05) is 16.8 Å². The van der Waals surface area contributed by atoms with Gasteiger partial charge in [-0.15, -0.1) is 0 Å². The van der Waals surface area contributed by atoms with Gasteiger partial charge in [0, 0.05) is 19.2 Å². The fourth-order valence-corrected chi connectivity index (χ4v) is 3.28. The first-order chi connectivity index (χ1) is 12.9. The summed E-state index contributed by atoms with van der Waals surface area (Å²) in [6.45, 7) is 2.15. The van der Waals surface area contributed by atoms with Gasteiger partial charge in [-0.2, -0.15) is 11.3 Å². The molecule has 0 aliphatic rings. The van der Waals surface area contributed by atoms with Gasteiger partial charge >= 0.3 is 0 Å². The average molecular weight is 392 g/mol. The maximum atomic E-state index is 12.6. The lowest BCUT2D eigenvalue weighted by Gasteiger charge is -2.22. The number of nitrogens with one attached hydrogen (secondary N) is 1. The van der Waals surface area contributed by atoms with Gasteiger partial charge in [-0.05, 0) is 41.4 Å². The lowest BCUT2D eigenvalue weighted by atomic mass is 10.1. The molecular formula is C19H24N2O5S. The van der Waals surface area contributed by atoms with Crippen molar-refractivity contribution in [1.82, 2.24) is 10.2 Å². The highest BCUT2D eigenvalue weighted by Crippen LogP contribution is 2.38. The molecule has 0 aliphatic heterocycles. The molecule has 0 spiro atoms. The smallest absolute Gasteiger partial charge is 0.252 e. The Bertz CT molecular complexity index is 766. The zero-order valence-corrected chi connectivity index (χ0v) is 16.9. The molecule has 0 aliphatic carbocycles. The lowest BCUT2D eigenvalue weighted by Crippen LogP contribution is -2.45. The molecule has 2 rings (SSSR count). The molecular weight excluding hydrogens is 368 g/mol. The van der Waals surface area contributed by atoms with E-state index < -0.39 is 11.9 Å². The minimum atomic E-state index is -0.680. The largest absolute Gasteiger partial charge is 0.493 e. The Morgan fingerprint density at radius 2 is 1.78 bits per heavy atom. The van der Waals surface area contributed by atoms with Crippen LogP contribution in [0.4, 0.5) is 0 Å². The molecule has 27 heavy (non-hydrogen) atoms. The molecule has 146 valence electrons. The molecule has 1 N–H and O–H groups in total. The number of carbonyl (C=O) groups excluding carboxylic acids is 2. The van der Waals surface area contributed by atoms with Crippen molar-refractivity contribution in [3.8, 4) is 17.2 Å². The van der Waals surface area contributed by atoms with Crippen molar-refractivity contribution >= 4 is 23.2 Å². The number of hydrogen-bond acceptors (Lipinski definition) is 6. The van der Waals surface area contributed by atoms with Gasteiger partial charge < -0.3 is 24.4 Å². The van der Waals surface area contributed by atoms with E-state index in [-0.39, 0.29) is 5.91 Å². The minimum absolute atomic E-state index is 0.179. The van der Waals surface area contributed by atoms with Gasteiger partial charge in [-0.3, -0.25) is 9.59 Å². The Morgan fingerprint density at radius 3 is 2.26 bits per heavy atom. The van der Waals surface area contributed by atoms with Crippen LogP contribution in [0, 0.1) is 0 Å². The molecule has 0 radical (unpaired) electrons. The van der Waals surface area contributed by atoms with E-state index in [4.69, 9.17) is 14.2 Å². The third-order valence-electron chi connectivity index (χ3n) is 4.02. The van der Waals surface area contributed by atoms with Gasteiger partial charge in [0.25, 0.3) is 5.91 Å². The number of thiophene rings is 1. The average Bonchev–Trinajstić information content (AvgIpc) is 3.18. The SMILES string of the molecule is COc1cc(C(=O)N[C@@H](C)C(=O)N(C)Cc2ccsc2)cc(OC)c1OC. The summed E-state index contributed by atoms with van der Waals surface area (Å²) in [6, 6.07) is 4.37. The highest BCUT2D eigenvalue weighted by molar-refractivity contribution is 7.07. The van der Waals surface area contributed by atoms with Crippen LogP contribution < -0.4 is 19.5 Å². The number of likely N-dealkylation sites (N-methyl/N-ethyl adjacent to an activating group) is 1. The first-order valence-corrected chi connectivity index (χ1v) is 9.22. The number of nitrogens with zero attached hydrogens (tertiary/aromatic N) is 1. The number of hydrogen-bond donors (Lipinski definition) is 1.